The summed E-state index contributed by atoms with van der Waals surface area (Å²) in [7, 11) is 3.08. The maximum atomic E-state index is 12.7. The molecule has 0 aliphatic carbocycles. The van der Waals surface area contributed by atoms with Crippen LogP contribution in [-0.4, -0.2) is 38.1 Å². The summed E-state index contributed by atoms with van der Waals surface area (Å²) in [6.07, 6.45) is 1.03. The van der Waals surface area contributed by atoms with Gasteiger partial charge in [-0.25, -0.2) is 0 Å². The molecule has 1 aromatic rings. The SMILES string of the molecule is CCC(C)CN(CC)C(=O)c1cc(OC)cc(OC)c1N. The smallest absolute Gasteiger partial charge is 0.256 e. The highest BCUT2D eigenvalue weighted by Crippen LogP contribution is 2.32. The van der Waals surface area contributed by atoms with Crippen molar-refractivity contribution < 1.29 is 14.3 Å². The highest BCUT2D eigenvalue weighted by molar-refractivity contribution is 6.01. The molecule has 0 saturated carbocycles. The summed E-state index contributed by atoms with van der Waals surface area (Å²) >= 11 is 0. The van der Waals surface area contributed by atoms with Crippen molar-refractivity contribution >= 4 is 11.6 Å². The molecule has 1 amide bonds. The average Bonchev–Trinajstić information content (AvgIpc) is 2.51. The van der Waals surface area contributed by atoms with E-state index < -0.39 is 0 Å². The summed E-state index contributed by atoms with van der Waals surface area (Å²) in [5.41, 5.74) is 6.83. The number of benzene rings is 1. The molecule has 1 aromatic carbocycles. The number of hydrogen-bond donors (Lipinski definition) is 1. The first-order chi connectivity index (χ1) is 9.98. The second kappa shape index (κ2) is 7.76. The van der Waals surface area contributed by atoms with E-state index in [-0.39, 0.29) is 5.91 Å². The lowest BCUT2D eigenvalue weighted by atomic mass is 10.1. The van der Waals surface area contributed by atoms with Crippen LogP contribution in [0.4, 0.5) is 5.69 Å². The molecule has 118 valence electrons. The predicted octanol–water partition coefficient (Wildman–Crippen LogP) is 2.79. The first kappa shape index (κ1) is 17.1. The Hall–Kier alpha value is -1.91. The molecule has 0 aliphatic rings. The van der Waals surface area contributed by atoms with Gasteiger partial charge < -0.3 is 20.1 Å². The molecule has 2 N–H and O–H groups in total. The molecule has 0 saturated heterocycles. The number of anilines is 1. The minimum atomic E-state index is -0.0903. The van der Waals surface area contributed by atoms with Crippen molar-refractivity contribution in [3.63, 3.8) is 0 Å². The number of hydrogen-bond acceptors (Lipinski definition) is 4. The molecule has 0 spiro atoms. The van der Waals surface area contributed by atoms with Gasteiger partial charge in [-0.15, -0.1) is 0 Å². The van der Waals surface area contributed by atoms with Gasteiger partial charge in [-0.3, -0.25) is 4.79 Å². The number of nitrogens with two attached hydrogens (primary N) is 1. The van der Waals surface area contributed by atoms with Crippen LogP contribution in [0.2, 0.25) is 0 Å². The summed E-state index contributed by atoms with van der Waals surface area (Å²) in [5, 5.41) is 0. The lowest BCUT2D eigenvalue weighted by Crippen LogP contribution is -2.35. The molecular formula is C16H26N2O3. The van der Waals surface area contributed by atoms with E-state index in [4.69, 9.17) is 15.2 Å². The molecule has 1 unspecified atom stereocenters. The Balaban J connectivity index is 3.15. The van der Waals surface area contributed by atoms with E-state index in [1.165, 1.54) is 7.11 Å². The van der Waals surface area contributed by atoms with Gasteiger partial charge in [0.25, 0.3) is 5.91 Å². The highest BCUT2D eigenvalue weighted by atomic mass is 16.5. The molecule has 21 heavy (non-hydrogen) atoms. The van der Waals surface area contributed by atoms with Crippen LogP contribution in [0.3, 0.4) is 0 Å². The summed E-state index contributed by atoms with van der Waals surface area (Å²) < 4.78 is 10.4. The maximum Gasteiger partial charge on any atom is 0.256 e. The quantitative estimate of drug-likeness (QED) is 0.785. The Labute approximate surface area is 127 Å². The van der Waals surface area contributed by atoms with Crippen molar-refractivity contribution in [2.24, 2.45) is 5.92 Å². The molecule has 0 bridgehead atoms. The van der Waals surface area contributed by atoms with E-state index in [0.29, 0.717) is 41.8 Å². The molecule has 5 nitrogen and oxygen atoms in total. The van der Waals surface area contributed by atoms with Crippen LogP contribution >= 0.6 is 0 Å². The molecule has 0 fully saturated rings. The third-order valence-corrected chi connectivity index (χ3v) is 3.70. The van der Waals surface area contributed by atoms with Crippen LogP contribution in [0, 0.1) is 5.92 Å². The number of nitrogen functional groups attached to an aromatic ring is 1. The average molecular weight is 294 g/mol. The van der Waals surface area contributed by atoms with Crippen molar-refractivity contribution in [3.05, 3.63) is 17.7 Å². The maximum absolute atomic E-state index is 12.7. The molecule has 0 heterocycles. The normalized spacial score (nSPS) is 11.9. The molecule has 0 radical (unpaired) electrons. The molecule has 0 aromatic heterocycles. The van der Waals surface area contributed by atoms with Gasteiger partial charge >= 0.3 is 0 Å². The first-order valence-corrected chi connectivity index (χ1v) is 7.29. The molecular weight excluding hydrogens is 268 g/mol. The van der Waals surface area contributed by atoms with Crippen LogP contribution in [0.1, 0.15) is 37.6 Å². The number of carbonyl (C=O) groups excluding carboxylic acids is 1. The number of amides is 1. The van der Waals surface area contributed by atoms with Crippen molar-refractivity contribution in [2.75, 3.05) is 33.0 Å². The van der Waals surface area contributed by atoms with Gasteiger partial charge in [0.15, 0.2) is 0 Å². The fourth-order valence-corrected chi connectivity index (χ4v) is 2.10. The number of nitrogens with zero attached hydrogens (tertiary/aromatic N) is 1. The Bertz CT molecular complexity index is 489. The largest absolute Gasteiger partial charge is 0.497 e. The second-order valence-corrected chi connectivity index (χ2v) is 5.15. The highest BCUT2D eigenvalue weighted by Gasteiger charge is 2.21. The third-order valence-electron chi connectivity index (χ3n) is 3.70. The summed E-state index contributed by atoms with van der Waals surface area (Å²) in [4.78, 5) is 14.5. The number of carbonyl (C=O) groups is 1. The molecule has 1 rings (SSSR count). The number of rotatable bonds is 7. The third kappa shape index (κ3) is 4.03. The minimum absolute atomic E-state index is 0.0903. The van der Waals surface area contributed by atoms with Gasteiger partial charge in [0, 0.05) is 19.2 Å². The van der Waals surface area contributed by atoms with Crippen molar-refractivity contribution in [1.82, 2.24) is 4.90 Å². The predicted molar refractivity (Wildman–Crippen MR) is 85.0 cm³/mol. The zero-order chi connectivity index (χ0) is 16.0. The Morgan fingerprint density at radius 1 is 1.29 bits per heavy atom. The second-order valence-electron chi connectivity index (χ2n) is 5.15. The Morgan fingerprint density at radius 2 is 1.95 bits per heavy atom. The lowest BCUT2D eigenvalue weighted by molar-refractivity contribution is 0.0741. The van der Waals surface area contributed by atoms with Gasteiger partial charge in [0.05, 0.1) is 25.5 Å². The zero-order valence-corrected chi connectivity index (χ0v) is 13.6. The van der Waals surface area contributed by atoms with E-state index in [2.05, 4.69) is 13.8 Å². The fraction of sp³-hybridized carbons (Fsp3) is 0.562. The van der Waals surface area contributed by atoms with Gasteiger partial charge in [0.1, 0.15) is 11.5 Å². The topological polar surface area (TPSA) is 64.8 Å². The Kier molecular flexibility index (Phi) is 6.34. The van der Waals surface area contributed by atoms with E-state index in [1.807, 2.05) is 6.92 Å². The van der Waals surface area contributed by atoms with Crippen molar-refractivity contribution in [2.45, 2.75) is 27.2 Å². The molecule has 0 aliphatic heterocycles. The fourth-order valence-electron chi connectivity index (χ4n) is 2.10. The van der Waals surface area contributed by atoms with Crippen LogP contribution in [0.25, 0.3) is 0 Å². The first-order valence-electron chi connectivity index (χ1n) is 7.29. The van der Waals surface area contributed by atoms with E-state index in [0.717, 1.165) is 6.42 Å². The van der Waals surface area contributed by atoms with E-state index in [9.17, 15) is 4.79 Å². The van der Waals surface area contributed by atoms with Crippen LogP contribution in [-0.2, 0) is 0 Å². The van der Waals surface area contributed by atoms with Crippen molar-refractivity contribution in [3.8, 4) is 11.5 Å². The number of ether oxygens (including phenoxy) is 2. The summed E-state index contributed by atoms with van der Waals surface area (Å²) in [5.74, 6) is 1.37. The number of methoxy groups -OCH3 is 2. The minimum Gasteiger partial charge on any atom is -0.497 e. The van der Waals surface area contributed by atoms with Gasteiger partial charge in [-0.1, -0.05) is 20.3 Å². The van der Waals surface area contributed by atoms with Crippen LogP contribution < -0.4 is 15.2 Å². The van der Waals surface area contributed by atoms with Gasteiger partial charge in [0.2, 0.25) is 0 Å². The summed E-state index contributed by atoms with van der Waals surface area (Å²) in [6, 6.07) is 3.34. The molecule has 5 heteroatoms. The standard InChI is InChI=1S/C16H26N2O3/c1-6-11(3)10-18(7-2)16(19)13-8-12(20-4)9-14(21-5)15(13)17/h8-9,11H,6-7,10,17H2,1-5H3. The molecule has 1 atom stereocenters. The van der Waals surface area contributed by atoms with E-state index >= 15 is 0 Å². The summed E-state index contributed by atoms with van der Waals surface area (Å²) in [6.45, 7) is 7.57. The Morgan fingerprint density at radius 3 is 2.43 bits per heavy atom. The monoisotopic (exact) mass is 294 g/mol. The van der Waals surface area contributed by atoms with Gasteiger partial charge in [-0.2, -0.15) is 0 Å². The van der Waals surface area contributed by atoms with E-state index in [1.54, 1.807) is 24.1 Å². The lowest BCUT2D eigenvalue weighted by Gasteiger charge is -2.25. The van der Waals surface area contributed by atoms with Gasteiger partial charge in [-0.05, 0) is 18.9 Å². The van der Waals surface area contributed by atoms with Crippen LogP contribution in [0.5, 0.6) is 11.5 Å². The van der Waals surface area contributed by atoms with Crippen molar-refractivity contribution in [1.29, 1.82) is 0 Å². The zero-order valence-electron chi connectivity index (χ0n) is 13.6. The van der Waals surface area contributed by atoms with Crippen LogP contribution in [0.15, 0.2) is 12.1 Å².